The number of carbonyl (C=O) groups excluding carboxylic acids is 1. The van der Waals surface area contributed by atoms with Crippen molar-refractivity contribution in [2.45, 2.75) is 24.8 Å². The first-order valence-corrected chi connectivity index (χ1v) is 9.47. The third-order valence-corrected chi connectivity index (χ3v) is 5.71. The third-order valence-electron chi connectivity index (χ3n) is 4.49. The van der Waals surface area contributed by atoms with E-state index in [1.165, 1.54) is 16.0 Å². The molecule has 0 unspecified atom stereocenters. The fraction of sp³-hybridized carbons (Fsp3) is 0.333. The second kappa shape index (κ2) is 6.93. The maximum absolute atomic E-state index is 12.4. The molecule has 25 heavy (non-hydrogen) atoms. The summed E-state index contributed by atoms with van der Waals surface area (Å²) in [5, 5.41) is 14.7. The lowest BCUT2D eigenvalue weighted by atomic mass is 10.1. The van der Waals surface area contributed by atoms with Gasteiger partial charge in [0.2, 0.25) is 0 Å². The van der Waals surface area contributed by atoms with E-state index in [9.17, 15) is 4.79 Å². The zero-order valence-electron chi connectivity index (χ0n) is 14.1. The Morgan fingerprint density at radius 2 is 2.24 bits per heavy atom. The minimum atomic E-state index is -0.0996. The van der Waals surface area contributed by atoms with E-state index in [0.717, 1.165) is 35.5 Å². The van der Waals surface area contributed by atoms with Crippen LogP contribution in [-0.2, 0) is 13.0 Å². The molecule has 0 bridgehead atoms. The van der Waals surface area contributed by atoms with Gasteiger partial charge in [0.1, 0.15) is 0 Å². The molecule has 1 aliphatic heterocycles. The van der Waals surface area contributed by atoms with E-state index in [2.05, 4.69) is 50.9 Å². The van der Waals surface area contributed by atoms with Crippen LogP contribution in [0, 0.1) is 6.92 Å². The van der Waals surface area contributed by atoms with Gasteiger partial charge in [-0.15, -0.1) is 11.8 Å². The van der Waals surface area contributed by atoms with E-state index in [0.29, 0.717) is 18.8 Å². The molecule has 0 radical (unpaired) electrons. The number of para-hydroxylation sites is 1. The zero-order valence-corrected chi connectivity index (χ0v) is 14.9. The number of rotatable bonds is 5. The highest BCUT2D eigenvalue weighted by Crippen LogP contribution is 2.30. The fourth-order valence-electron chi connectivity index (χ4n) is 3.25. The van der Waals surface area contributed by atoms with Crippen molar-refractivity contribution in [3.63, 3.8) is 0 Å². The summed E-state index contributed by atoms with van der Waals surface area (Å²) < 4.78 is 0. The second-order valence-corrected chi connectivity index (χ2v) is 7.29. The summed E-state index contributed by atoms with van der Waals surface area (Å²) in [4.78, 5) is 17.0. The first-order chi connectivity index (χ1) is 12.2. The number of aromatic nitrogens is 3. The van der Waals surface area contributed by atoms with Crippen LogP contribution < -0.4 is 10.6 Å². The average Bonchev–Trinajstić information content (AvgIpc) is 3.19. The molecule has 3 heterocycles. The topological polar surface area (TPSA) is 85.6 Å². The summed E-state index contributed by atoms with van der Waals surface area (Å²) in [6.45, 7) is 4.33. The highest BCUT2D eigenvalue weighted by molar-refractivity contribution is 7.99. The van der Waals surface area contributed by atoms with Crippen LogP contribution in [0.25, 0.3) is 10.9 Å². The minimum Gasteiger partial charge on any atom is -0.358 e. The zero-order chi connectivity index (χ0) is 17.2. The first kappa shape index (κ1) is 16.2. The summed E-state index contributed by atoms with van der Waals surface area (Å²) in [5.74, 6) is 0.719. The number of hydrogen-bond acceptors (Lipinski definition) is 4. The Morgan fingerprint density at radius 1 is 1.36 bits per heavy atom. The highest BCUT2D eigenvalue weighted by Gasteiger charge is 2.21. The molecule has 1 amide bonds. The lowest BCUT2D eigenvalue weighted by Gasteiger charge is -2.12. The molecule has 6 nitrogen and oxygen atoms in total. The quantitative estimate of drug-likeness (QED) is 0.418. The number of nitrogens with zero attached hydrogens (tertiary/aromatic N) is 1. The molecule has 2 aromatic heterocycles. The number of thioether (sulfide) groups is 1. The Labute approximate surface area is 150 Å². The van der Waals surface area contributed by atoms with Gasteiger partial charge in [0, 0.05) is 64.6 Å². The molecule has 0 fully saturated rings. The van der Waals surface area contributed by atoms with Crippen LogP contribution in [0.3, 0.4) is 0 Å². The van der Waals surface area contributed by atoms with Crippen molar-refractivity contribution in [2.75, 3.05) is 18.8 Å². The van der Waals surface area contributed by atoms with Crippen LogP contribution >= 0.6 is 11.8 Å². The predicted molar refractivity (Wildman–Crippen MR) is 100 cm³/mol. The van der Waals surface area contributed by atoms with Gasteiger partial charge in [-0.25, -0.2) is 0 Å². The van der Waals surface area contributed by atoms with E-state index >= 15 is 0 Å². The van der Waals surface area contributed by atoms with Crippen LogP contribution in [0.15, 0.2) is 29.2 Å². The fourth-order valence-corrected chi connectivity index (χ4v) is 4.26. The van der Waals surface area contributed by atoms with Crippen molar-refractivity contribution in [3.05, 3.63) is 46.9 Å². The lowest BCUT2D eigenvalue weighted by molar-refractivity contribution is 0.0950. The van der Waals surface area contributed by atoms with E-state index in [1.807, 2.05) is 6.07 Å². The number of hydrogen-bond donors (Lipinski definition) is 4. The summed E-state index contributed by atoms with van der Waals surface area (Å²) >= 11 is 1.76. The maximum atomic E-state index is 12.4. The van der Waals surface area contributed by atoms with Gasteiger partial charge in [0.25, 0.3) is 5.91 Å². The number of amides is 1. The first-order valence-electron chi connectivity index (χ1n) is 8.49. The number of H-pyrrole nitrogens is 2. The van der Waals surface area contributed by atoms with Gasteiger partial charge >= 0.3 is 0 Å². The van der Waals surface area contributed by atoms with Crippen LogP contribution in [-0.4, -0.2) is 39.9 Å². The summed E-state index contributed by atoms with van der Waals surface area (Å²) in [6.07, 6.45) is 0.894. The predicted octanol–water partition coefficient (Wildman–Crippen LogP) is 2.37. The molecule has 1 aliphatic rings. The lowest BCUT2D eigenvalue weighted by Crippen LogP contribution is -2.29. The Kier molecular flexibility index (Phi) is 4.50. The standard InChI is InChI=1S/C18H21N5OS/c1-11-17(12-4-2-3-5-14(12)21-11)25-9-8-20-18(24)16-13-10-19-7-6-15(13)22-23-16/h2-5,19,21H,6-10H2,1H3,(H,20,24)(H,22,23). The highest BCUT2D eigenvalue weighted by atomic mass is 32.2. The Morgan fingerprint density at radius 3 is 3.16 bits per heavy atom. The van der Waals surface area contributed by atoms with Crippen molar-refractivity contribution >= 4 is 28.6 Å². The van der Waals surface area contributed by atoms with Gasteiger partial charge in [-0.05, 0) is 13.0 Å². The molecule has 3 aromatic rings. The molecule has 0 spiro atoms. The number of carbonyl (C=O) groups is 1. The smallest absolute Gasteiger partial charge is 0.272 e. The van der Waals surface area contributed by atoms with E-state index in [-0.39, 0.29) is 5.91 Å². The molecule has 0 atom stereocenters. The SMILES string of the molecule is Cc1[nH]c2ccccc2c1SCCNC(=O)c1n[nH]c2c1CNCC2. The minimum absolute atomic E-state index is 0.0996. The third kappa shape index (κ3) is 3.17. The maximum Gasteiger partial charge on any atom is 0.272 e. The molecular weight excluding hydrogens is 334 g/mol. The van der Waals surface area contributed by atoms with Crippen molar-refractivity contribution in [1.29, 1.82) is 0 Å². The van der Waals surface area contributed by atoms with Crippen LogP contribution in [0.2, 0.25) is 0 Å². The van der Waals surface area contributed by atoms with Gasteiger partial charge in [-0.3, -0.25) is 9.89 Å². The monoisotopic (exact) mass is 355 g/mol. The Bertz CT molecular complexity index is 913. The van der Waals surface area contributed by atoms with E-state index in [4.69, 9.17) is 0 Å². The largest absolute Gasteiger partial charge is 0.358 e. The molecule has 7 heteroatoms. The second-order valence-electron chi connectivity index (χ2n) is 6.19. The van der Waals surface area contributed by atoms with Crippen molar-refractivity contribution in [1.82, 2.24) is 25.8 Å². The molecule has 130 valence electrons. The van der Waals surface area contributed by atoms with Crippen LogP contribution in [0.4, 0.5) is 0 Å². The van der Waals surface area contributed by atoms with Crippen molar-refractivity contribution in [3.8, 4) is 0 Å². The molecule has 4 rings (SSSR count). The normalized spacial score (nSPS) is 13.8. The Balaban J connectivity index is 1.35. The summed E-state index contributed by atoms with van der Waals surface area (Å²) in [5.41, 5.74) is 4.93. The van der Waals surface area contributed by atoms with Crippen molar-refractivity contribution < 1.29 is 4.79 Å². The van der Waals surface area contributed by atoms with E-state index in [1.54, 1.807) is 11.8 Å². The summed E-state index contributed by atoms with van der Waals surface area (Å²) in [6, 6.07) is 8.30. The van der Waals surface area contributed by atoms with Gasteiger partial charge in [-0.1, -0.05) is 18.2 Å². The number of aryl methyl sites for hydroxylation is 1. The number of aromatic amines is 2. The molecule has 0 saturated heterocycles. The van der Waals surface area contributed by atoms with Crippen LogP contribution in [0.5, 0.6) is 0 Å². The number of benzene rings is 1. The molecule has 0 saturated carbocycles. The molecule has 1 aromatic carbocycles. The van der Waals surface area contributed by atoms with Gasteiger partial charge in [0.15, 0.2) is 5.69 Å². The van der Waals surface area contributed by atoms with E-state index < -0.39 is 0 Å². The Hall–Kier alpha value is -2.25. The van der Waals surface area contributed by atoms with Crippen molar-refractivity contribution in [2.24, 2.45) is 0 Å². The molecule has 0 aliphatic carbocycles. The van der Waals surface area contributed by atoms with Gasteiger partial charge < -0.3 is 15.6 Å². The summed E-state index contributed by atoms with van der Waals surface area (Å²) in [7, 11) is 0. The molecular formula is C18H21N5OS. The number of fused-ring (bicyclic) bond motifs is 2. The average molecular weight is 355 g/mol. The van der Waals surface area contributed by atoms with Crippen LogP contribution in [0.1, 0.15) is 27.4 Å². The van der Waals surface area contributed by atoms with Gasteiger partial charge in [-0.2, -0.15) is 5.10 Å². The van der Waals surface area contributed by atoms with Gasteiger partial charge in [0.05, 0.1) is 0 Å². The molecule has 4 N–H and O–H groups in total. The number of nitrogens with one attached hydrogen (secondary N) is 4.